The Hall–Kier alpha value is -0.820. The Kier molecular flexibility index (Phi) is 7.81. The van der Waals surface area contributed by atoms with Crippen molar-refractivity contribution in [3.63, 3.8) is 0 Å². The van der Waals surface area contributed by atoms with E-state index in [2.05, 4.69) is 57.3 Å². The number of hydrogen-bond acceptors (Lipinski definition) is 1. The van der Waals surface area contributed by atoms with E-state index in [9.17, 15) is 0 Å². The van der Waals surface area contributed by atoms with E-state index >= 15 is 0 Å². The molecule has 108 valence electrons. The second kappa shape index (κ2) is 9.14. The van der Waals surface area contributed by atoms with Crippen molar-refractivity contribution in [2.75, 3.05) is 6.54 Å². The van der Waals surface area contributed by atoms with E-state index in [4.69, 9.17) is 0 Å². The number of benzene rings is 1. The van der Waals surface area contributed by atoms with Crippen LogP contribution in [0.25, 0.3) is 0 Å². The molecular weight excluding hydrogens is 230 g/mol. The molecule has 0 aliphatic rings. The molecular formula is C18H31N. The largest absolute Gasteiger partial charge is 0.314 e. The maximum Gasteiger partial charge on any atom is 0.00727 e. The zero-order valence-electron chi connectivity index (χ0n) is 13.2. The van der Waals surface area contributed by atoms with Gasteiger partial charge in [-0.15, -0.1) is 0 Å². The van der Waals surface area contributed by atoms with Gasteiger partial charge in [-0.2, -0.15) is 0 Å². The predicted octanol–water partition coefficient (Wildman–Crippen LogP) is 4.73. The smallest absolute Gasteiger partial charge is 0.00727 e. The molecule has 0 aliphatic carbocycles. The second-order valence-electron chi connectivity index (χ2n) is 5.70. The summed E-state index contributed by atoms with van der Waals surface area (Å²) < 4.78 is 0. The molecule has 0 aliphatic heterocycles. The maximum absolute atomic E-state index is 3.67. The van der Waals surface area contributed by atoms with Gasteiger partial charge in [0.25, 0.3) is 0 Å². The van der Waals surface area contributed by atoms with Crippen LogP contribution in [0.4, 0.5) is 0 Å². The minimum absolute atomic E-state index is 0.676. The van der Waals surface area contributed by atoms with E-state index in [1.54, 1.807) is 0 Å². The quantitative estimate of drug-likeness (QED) is 0.677. The van der Waals surface area contributed by atoms with Gasteiger partial charge in [0.15, 0.2) is 0 Å². The molecule has 1 N–H and O–H groups in total. The van der Waals surface area contributed by atoms with E-state index < -0.39 is 0 Å². The van der Waals surface area contributed by atoms with Crippen molar-refractivity contribution in [2.24, 2.45) is 5.92 Å². The van der Waals surface area contributed by atoms with Crippen molar-refractivity contribution in [1.82, 2.24) is 5.32 Å². The lowest BCUT2D eigenvalue weighted by Crippen LogP contribution is -2.31. The first-order chi connectivity index (χ1) is 9.19. The lowest BCUT2D eigenvalue weighted by molar-refractivity contribution is 0.356. The maximum atomic E-state index is 3.67. The highest BCUT2D eigenvalue weighted by molar-refractivity contribution is 5.22. The van der Waals surface area contributed by atoms with Crippen molar-refractivity contribution in [1.29, 1.82) is 0 Å². The highest BCUT2D eigenvalue weighted by Crippen LogP contribution is 2.18. The summed E-state index contributed by atoms with van der Waals surface area (Å²) in [6.07, 6.45) is 6.39. The normalized spacial score (nSPS) is 12.9. The van der Waals surface area contributed by atoms with Crippen LogP contribution in [0.5, 0.6) is 0 Å². The third kappa shape index (κ3) is 6.24. The van der Waals surface area contributed by atoms with Crippen molar-refractivity contribution < 1.29 is 0 Å². The summed E-state index contributed by atoms with van der Waals surface area (Å²) in [6.45, 7) is 10.1. The summed E-state index contributed by atoms with van der Waals surface area (Å²) in [5.74, 6) is 0.876. The van der Waals surface area contributed by atoms with Crippen LogP contribution in [0.3, 0.4) is 0 Å². The van der Waals surface area contributed by atoms with Crippen molar-refractivity contribution in [3.8, 4) is 0 Å². The minimum atomic E-state index is 0.676. The van der Waals surface area contributed by atoms with Crippen LogP contribution in [0.2, 0.25) is 0 Å². The Bertz CT molecular complexity index is 341. The summed E-state index contributed by atoms with van der Waals surface area (Å²) in [5, 5.41) is 3.67. The second-order valence-corrected chi connectivity index (χ2v) is 5.70. The molecule has 0 bridgehead atoms. The monoisotopic (exact) mass is 261 g/mol. The van der Waals surface area contributed by atoms with Gasteiger partial charge < -0.3 is 5.32 Å². The van der Waals surface area contributed by atoms with Crippen molar-refractivity contribution >= 4 is 0 Å². The van der Waals surface area contributed by atoms with Gasteiger partial charge in [-0.05, 0) is 44.2 Å². The zero-order chi connectivity index (χ0) is 14.1. The van der Waals surface area contributed by atoms with Gasteiger partial charge in [-0.3, -0.25) is 0 Å². The Morgan fingerprint density at radius 1 is 1.11 bits per heavy atom. The average Bonchev–Trinajstić information content (AvgIpc) is 2.42. The fourth-order valence-electron chi connectivity index (χ4n) is 2.82. The molecule has 1 aromatic rings. The summed E-state index contributed by atoms with van der Waals surface area (Å²) in [4.78, 5) is 0. The van der Waals surface area contributed by atoms with Crippen LogP contribution in [-0.4, -0.2) is 12.6 Å². The summed E-state index contributed by atoms with van der Waals surface area (Å²) in [6, 6.07) is 9.60. The summed E-state index contributed by atoms with van der Waals surface area (Å²) in [5.41, 5.74) is 2.85. The Labute approximate surface area is 119 Å². The third-order valence-electron chi connectivity index (χ3n) is 4.13. The Morgan fingerprint density at radius 3 is 2.42 bits per heavy atom. The van der Waals surface area contributed by atoms with Gasteiger partial charge in [0, 0.05) is 6.04 Å². The predicted molar refractivity (Wildman–Crippen MR) is 85.7 cm³/mol. The highest BCUT2D eigenvalue weighted by Gasteiger charge is 2.13. The molecule has 1 unspecified atom stereocenters. The van der Waals surface area contributed by atoms with Gasteiger partial charge in [0.1, 0.15) is 0 Å². The fourth-order valence-corrected chi connectivity index (χ4v) is 2.82. The van der Waals surface area contributed by atoms with Crippen molar-refractivity contribution in [3.05, 3.63) is 35.4 Å². The van der Waals surface area contributed by atoms with E-state index in [1.165, 1.54) is 43.2 Å². The first-order valence-corrected chi connectivity index (χ1v) is 7.98. The van der Waals surface area contributed by atoms with Crippen LogP contribution in [-0.2, 0) is 6.42 Å². The van der Waals surface area contributed by atoms with Crippen LogP contribution in [0.15, 0.2) is 24.3 Å². The van der Waals surface area contributed by atoms with Gasteiger partial charge in [0.05, 0.1) is 0 Å². The Balaban J connectivity index is 2.49. The SMILES string of the molecule is CCNC(CCc1cccc(C)c1)CC(CC)CC. The molecule has 1 nitrogen and oxygen atoms in total. The van der Waals surface area contributed by atoms with Crippen LogP contribution in [0.1, 0.15) is 57.6 Å². The highest BCUT2D eigenvalue weighted by atomic mass is 14.9. The van der Waals surface area contributed by atoms with Gasteiger partial charge in [-0.1, -0.05) is 63.4 Å². The molecule has 1 atom stereocenters. The lowest BCUT2D eigenvalue weighted by atomic mass is 9.91. The molecule has 1 rings (SSSR count). The molecule has 0 spiro atoms. The number of rotatable bonds is 9. The van der Waals surface area contributed by atoms with Crippen LogP contribution in [0, 0.1) is 12.8 Å². The molecule has 1 aromatic carbocycles. The third-order valence-corrected chi connectivity index (χ3v) is 4.13. The minimum Gasteiger partial charge on any atom is -0.314 e. The molecule has 19 heavy (non-hydrogen) atoms. The molecule has 0 fully saturated rings. The number of nitrogens with one attached hydrogen (secondary N) is 1. The number of hydrogen-bond donors (Lipinski definition) is 1. The van der Waals surface area contributed by atoms with E-state index in [-0.39, 0.29) is 0 Å². The molecule has 0 aromatic heterocycles. The number of aryl methyl sites for hydroxylation is 2. The summed E-state index contributed by atoms with van der Waals surface area (Å²) >= 11 is 0. The first-order valence-electron chi connectivity index (χ1n) is 7.98. The van der Waals surface area contributed by atoms with E-state index in [0.29, 0.717) is 6.04 Å². The molecule has 0 heterocycles. The average molecular weight is 261 g/mol. The van der Waals surface area contributed by atoms with Crippen LogP contribution >= 0.6 is 0 Å². The standard InChI is InChI=1S/C18H31N/c1-5-16(6-2)14-18(19-7-3)12-11-17-10-8-9-15(4)13-17/h8-10,13,16,18-19H,5-7,11-12,14H2,1-4H3. The van der Waals surface area contributed by atoms with Gasteiger partial charge >= 0.3 is 0 Å². The Morgan fingerprint density at radius 2 is 1.84 bits per heavy atom. The van der Waals surface area contributed by atoms with E-state index in [0.717, 1.165) is 12.5 Å². The molecule has 0 amide bonds. The topological polar surface area (TPSA) is 12.0 Å². The molecule has 1 heteroatoms. The zero-order valence-corrected chi connectivity index (χ0v) is 13.2. The van der Waals surface area contributed by atoms with E-state index in [1.807, 2.05) is 0 Å². The van der Waals surface area contributed by atoms with Gasteiger partial charge in [-0.25, -0.2) is 0 Å². The molecule has 0 radical (unpaired) electrons. The van der Waals surface area contributed by atoms with Crippen LogP contribution < -0.4 is 5.32 Å². The van der Waals surface area contributed by atoms with Crippen molar-refractivity contribution in [2.45, 2.75) is 65.8 Å². The molecule has 0 saturated carbocycles. The fraction of sp³-hybridized carbons (Fsp3) is 0.667. The van der Waals surface area contributed by atoms with Gasteiger partial charge in [0.2, 0.25) is 0 Å². The lowest BCUT2D eigenvalue weighted by Gasteiger charge is -2.23. The summed E-state index contributed by atoms with van der Waals surface area (Å²) in [7, 11) is 0. The first kappa shape index (κ1) is 16.2. The molecule has 0 saturated heterocycles.